The van der Waals surface area contributed by atoms with Crippen molar-refractivity contribution in [1.29, 1.82) is 0 Å². The van der Waals surface area contributed by atoms with Gasteiger partial charge in [-0.2, -0.15) is 0 Å². The minimum atomic E-state index is -3.75. The van der Waals surface area contributed by atoms with Crippen LogP contribution in [0.2, 0.25) is 20.1 Å². The van der Waals surface area contributed by atoms with Crippen molar-refractivity contribution in [1.82, 2.24) is 51.1 Å². The van der Waals surface area contributed by atoms with Crippen molar-refractivity contribution in [2.75, 3.05) is 65.4 Å². The van der Waals surface area contributed by atoms with E-state index in [4.69, 9.17) is 65.4 Å². The first-order valence-corrected chi connectivity index (χ1v) is 40.1. The number of urea groups is 2. The summed E-state index contributed by atoms with van der Waals surface area (Å²) in [5.74, 6) is 1.01. The Hall–Kier alpha value is -5.54. The van der Waals surface area contributed by atoms with Crippen molar-refractivity contribution in [2.45, 2.75) is 227 Å². The number of piperidine rings is 2. The maximum atomic E-state index is 13.3. The summed E-state index contributed by atoms with van der Waals surface area (Å²) < 4.78 is 82.9. The second kappa shape index (κ2) is 38.3. The predicted octanol–water partition coefficient (Wildman–Crippen LogP) is 13.7. The number of fused-ring (bicyclic) bond motifs is 2. The van der Waals surface area contributed by atoms with E-state index in [2.05, 4.69) is 51.1 Å². The molecule has 8 rings (SSSR count). The zero-order chi connectivity index (χ0) is 72.0. The highest BCUT2D eigenvalue weighted by Gasteiger charge is 2.43. The van der Waals surface area contributed by atoms with Crippen LogP contribution in [-0.4, -0.2) is 152 Å². The van der Waals surface area contributed by atoms with Crippen LogP contribution in [0.15, 0.2) is 82.6 Å². The lowest BCUT2D eigenvalue weighted by Gasteiger charge is -2.39. The van der Waals surface area contributed by atoms with E-state index < -0.39 is 55.6 Å². The Labute approximate surface area is 612 Å². The fraction of sp³-hybridized carbons (Fsp3) is 0.611. The maximum Gasteiger partial charge on any atom is 0.407 e. The molecule has 0 bridgehead atoms. The number of nitrogens with one attached hydrogen (secondary N) is 8. The van der Waals surface area contributed by atoms with Gasteiger partial charge in [0, 0.05) is 95.7 Å². The third-order valence-electron chi connectivity index (χ3n) is 18.1. The molecule has 0 aromatic heterocycles. The molecule has 2 saturated heterocycles. The molecule has 100 heavy (non-hydrogen) atoms. The van der Waals surface area contributed by atoms with Gasteiger partial charge in [-0.1, -0.05) is 97.8 Å². The summed E-state index contributed by atoms with van der Waals surface area (Å²) in [7, 11) is -7.51. The molecule has 22 nitrogen and oxygen atoms in total. The molecule has 2 heterocycles. The molecule has 0 radical (unpaired) electrons. The van der Waals surface area contributed by atoms with Gasteiger partial charge in [0.15, 0.2) is 0 Å². The number of carbonyl (C=O) groups is 4. The van der Waals surface area contributed by atoms with E-state index in [1.165, 1.54) is 0 Å². The Kier molecular flexibility index (Phi) is 30.7. The number of unbranched alkanes of at least 4 members (excludes halogenated alkanes) is 11. The van der Waals surface area contributed by atoms with Crippen LogP contribution in [0.4, 0.5) is 19.2 Å². The van der Waals surface area contributed by atoms with E-state index in [0.717, 1.165) is 125 Å². The van der Waals surface area contributed by atoms with Gasteiger partial charge in [-0.3, -0.25) is 9.80 Å². The molecule has 2 aliphatic heterocycles. The van der Waals surface area contributed by atoms with E-state index in [0.29, 0.717) is 122 Å². The quantitative estimate of drug-likeness (QED) is 0.0199. The molecule has 4 aromatic rings. The molecule has 2 fully saturated rings. The number of hydrogen-bond donors (Lipinski definition) is 8. The third-order valence-corrected chi connectivity index (χ3v) is 22.2. The Balaban J connectivity index is 0.600. The second-order valence-corrected chi connectivity index (χ2v) is 33.8. The molecular formula is C72H104Cl4N10O12S2. The number of benzene rings is 4. The van der Waals surface area contributed by atoms with Gasteiger partial charge in [-0.25, -0.2) is 45.5 Å². The largest absolute Gasteiger partial charge is 0.484 e. The van der Waals surface area contributed by atoms with Crippen molar-refractivity contribution in [2.24, 2.45) is 0 Å². The van der Waals surface area contributed by atoms with Crippen LogP contribution in [-0.2, 0) is 42.4 Å². The summed E-state index contributed by atoms with van der Waals surface area (Å²) in [5, 5.41) is 19.7. The topological polar surface area (TPSA) is 276 Å². The highest BCUT2D eigenvalue weighted by Crippen LogP contribution is 2.45. The highest BCUT2D eigenvalue weighted by molar-refractivity contribution is 7.89. The molecular weight excluding hydrogens is 1400 g/mol. The van der Waals surface area contributed by atoms with Gasteiger partial charge in [0.2, 0.25) is 20.0 Å². The van der Waals surface area contributed by atoms with Crippen molar-refractivity contribution in [3.05, 3.63) is 115 Å². The lowest BCUT2D eigenvalue weighted by molar-refractivity contribution is 0.0353. The first-order chi connectivity index (χ1) is 47.6. The molecule has 4 aromatic carbocycles. The first-order valence-electron chi connectivity index (χ1n) is 35.6. The molecule has 0 saturated carbocycles. The van der Waals surface area contributed by atoms with Crippen molar-refractivity contribution >= 4 is 90.7 Å². The normalized spacial score (nSPS) is 19.6. The van der Waals surface area contributed by atoms with E-state index in [9.17, 15) is 36.0 Å². The van der Waals surface area contributed by atoms with Gasteiger partial charge >= 0.3 is 24.2 Å². The summed E-state index contributed by atoms with van der Waals surface area (Å²) in [5.41, 5.74) is 2.47. The monoisotopic (exact) mass is 1500 g/mol. The van der Waals surface area contributed by atoms with Gasteiger partial charge in [-0.05, 0) is 216 Å². The Morgan fingerprint density at radius 1 is 0.460 bits per heavy atom. The van der Waals surface area contributed by atoms with Crippen LogP contribution in [0.3, 0.4) is 0 Å². The van der Waals surface area contributed by atoms with Crippen LogP contribution in [0, 0.1) is 0 Å². The second-order valence-electron chi connectivity index (χ2n) is 28.5. The lowest BCUT2D eigenvalue weighted by Crippen LogP contribution is -2.53. The molecule has 6 atom stereocenters. The molecule has 8 N–H and O–H groups in total. The van der Waals surface area contributed by atoms with Gasteiger partial charge in [0.1, 0.15) is 34.9 Å². The Bertz CT molecular complexity index is 3340. The van der Waals surface area contributed by atoms with Crippen LogP contribution < -0.4 is 50.8 Å². The number of rotatable bonds is 35. The number of hydrogen-bond acceptors (Lipinski definition) is 14. The Morgan fingerprint density at radius 2 is 0.780 bits per heavy atom. The first kappa shape index (κ1) is 80.2. The summed E-state index contributed by atoms with van der Waals surface area (Å²) >= 11 is 26.5. The zero-order valence-corrected chi connectivity index (χ0v) is 63.4. The molecule has 28 heteroatoms. The standard InChI is InChI=1S/C72H104Cl4N10O12S2/c1-71(2,3)97-69(89)83-51-23-21-39-85(47-51)63-45-57-59(41-49(73)43-61(57)75)65(63)95-53-25-29-55(30-26-53)99(91,92)81-37-17-13-9-7-11-15-33-77-67(87)79-35-19-20-36-80-68(88)78-34-16-12-8-10-14-18-38-82-100(93,94)56-31-27-54(28-32-56)96-66-60-42-50(74)44-62(76)58(60)46-64(66)86-40-22-24-52(48-86)84-70(90)98-72(4,5)6/h25-32,41-44,51-52,63-66,81-82H,7-24,33-40,45-48H2,1-6H3,(H,83,89)(H,84,90)(H2,77,79,87)(H2,78,80,88)/t51-,52-,63+,64?,65+,66+/m1/s1. The van der Waals surface area contributed by atoms with Gasteiger partial charge in [-0.15, -0.1) is 0 Å². The van der Waals surface area contributed by atoms with Gasteiger partial charge in [0.25, 0.3) is 0 Å². The summed E-state index contributed by atoms with van der Waals surface area (Å²) in [6, 6.07) is 19.2. The summed E-state index contributed by atoms with van der Waals surface area (Å²) in [4.78, 5) is 54.9. The van der Waals surface area contributed by atoms with E-state index in [1.807, 2.05) is 53.7 Å². The summed E-state index contributed by atoms with van der Waals surface area (Å²) in [6.07, 6.45) is 14.8. The minimum absolute atomic E-state index is 0.105. The molecule has 554 valence electrons. The van der Waals surface area contributed by atoms with Crippen molar-refractivity contribution in [3.63, 3.8) is 0 Å². The minimum Gasteiger partial charge on any atom is -0.484 e. The lowest BCUT2D eigenvalue weighted by atomic mass is 10.0. The van der Waals surface area contributed by atoms with Crippen molar-refractivity contribution < 1.29 is 55.0 Å². The van der Waals surface area contributed by atoms with Crippen molar-refractivity contribution in [3.8, 4) is 11.5 Å². The zero-order valence-electron chi connectivity index (χ0n) is 58.7. The third kappa shape index (κ3) is 25.7. The van der Waals surface area contributed by atoms with E-state index >= 15 is 0 Å². The predicted molar refractivity (Wildman–Crippen MR) is 393 cm³/mol. The molecule has 0 spiro atoms. The molecule has 2 aliphatic carbocycles. The number of sulfonamides is 2. The number of halogens is 4. The van der Waals surface area contributed by atoms with Gasteiger partial charge in [0.05, 0.1) is 21.9 Å². The number of amides is 6. The fourth-order valence-corrected chi connectivity index (χ4v) is 16.6. The average Bonchev–Trinajstić information content (AvgIpc) is 1.62. The van der Waals surface area contributed by atoms with Crippen LogP contribution in [0.1, 0.15) is 192 Å². The number of nitrogens with zero attached hydrogens (tertiary/aromatic N) is 2. The molecule has 1 unspecified atom stereocenters. The van der Waals surface area contributed by atoms with E-state index in [-0.39, 0.29) is 46.0 Å². The average molecular weight is 1510 g/mol. The van der Waals surface area contributed by atoms with Crippen LogP contribution in [0.5, 0.6) is 11.5 Å². The van der Waals surface area contributed by atoms with Crippen LogP contribution >= 0.6 is 46.4 Å². The highest BCUT2D eigenvalue weighted by atomic mass is 35.5. The maximum absolute atomic E-state index is 13.3. The fourth-order valence-electron chi connectivity index (χ4n) is 13.3. The SMILES string of the molecule is CC(C)(C)OC(=O)N[C@@H]1CCCN(C2Cc3c(Cl)cc(Cl)cc3[C@@H]2Oc2ccc(S(=O)(=O)NCCCCCCCCNC(=O)NCCCCNC(=O)NCCCCCCCCNS(=O)(=O)c3ccc(O[C@H]4c5cc(Cl)cc(Cl)c5C[C@@H]4N4CCC[C@@H](NC(=O)OC(C)(C)C)C4)cc3)cc2)C1. The number of ether oxygens (including phenoxy) is 4. The number of alkyl carbamates (subject to hydrolysis) is 2. The number of carbonyl (C=O) groups excluding carboxylic acids is 4. The molecule has 4 aliphatic rings. The summed E-state index contributed by atoms with van der Waals surface area (Å²) in [6.45, 7) is 16.5. The number of likely N-dealkylation sites (tertiary alicyclic amines) is 2. The Morgan fingerprint density at radius 3 is 1.12 bits per heavy atom. The van der Waals surface area contributed by atoms with Gasteiger partial charge < -0.3 is 50.8 Å². The smallest absolute Gasteiger partial charge is 0.407 e. The molecule has 6 amide bonds. The van der Waals surface area contributed by atoms with E-state index in [1.54, 1.807) is 60.7 Å². The van der Waals surface area contributed by atoms with Crippen LogP contribution in [0.25, 0.3) is 0 Å².